The summed E-state index contributed by atoms with van der Waals surface area (Å²) in [5.74, 6) is 0. The normalized spacial score (nSPS) is 9.33. The number of nitrogens with one attached hydrogen (secondary N) is 1. The summed E-state index contributed by atoms with van der Waals surface area (Å²) in [6, 6.07) is 15.9. The van der Waals surface area contributed by atoms with Crippen molar-refractivity contribution in [2.75, 3.05) is 5.43 Å². The first-order valence-corrected chi connectivity index (χ1v) is 6.58. The molecule has 2 aromatic rings. The lowest BCUT2D eigenvalue weighted by molar-refractivity contribution is 1.34. The number of nitriles is 2. The van der Waals surface area contributed by atoms with Gasteiger partial charge in [-0.15, -0.1) is 0 Å². The minimum Gasteiger partial charge on any atom is -0.277 e. The third kappa shape index (κ3) is 3.97. The summed E-state index contributed by atoms with van der Waals surface area (Å²) in [7, 11) is 0. The molecule has 0 atom stereocenters. The van der Waals surface area contributed by atoms with Gasteiger partial charge in [0.1, 0.15) is 12.1 Å². The third-order valence-electron chi connectivity index (χ3n) is 2.59. The lowest BCUT2D eigenvalue weighted by Gasteiger charge is -2.05. The molecule has 0 heterocycles. The number of hydrogen-bond acceptors (Lipinski definition) is 4. The van der Waals surface area contributed by atoms with Gasteiger partial charge in [-0.2, -0.15) is 15.6 Å². The van der Waals surface area contributed by atoms with Crippen LogP contribution in [-0.4, -0.2) is 5.71 Å². The Balaban J connectivity index is 2.22. The maximum absolute atomic E-state index is 8.58. The second-order valence-electron chi connectivity index (χ2n) is 4.03. The van der Waals surface area contributed by atoms with Gasteiger partial charge >= 0.3 is 0 Å². The predicted octanol–water partition coefficient (Wildman–Crippen LogP) is 4.48. The van der Waals surface area contributed by atoms with E-state index in [4.69, 9.17) is 33.7 Å². The largest absolute Gasteiger partial charge is 0.277 e. The van der Waals surface area contributed by atoms with Crippen LogP contribution < -0.4 is 5.43 Å². The van der Waals surface area contributed by atoms with E-state index in [1.165, 1.54) is 0 Å². The second-order valence-corrected chi connectivity index (χ2v) is 4.90. The molecule has 0 radical (unpaired) electrons. The summed E-state index contributed by atoms with van der Waals surface area (Å²) in [6.07, 6.45) is 0. The van der Waals surface area contributed by atoms with Gasteiger partial charge < -0.3 is 0 Å². The van der Waals surface area contributed by atoms with Crippen LogP contribution in [0.3, 0.4) is 0 Å². The minimum absolute atomic E-state index is 0.235. The maximum atomic E-state index is 8.58. The highest BCUT2D eigenvalue weighted by molar-refractivity contribution is 6.35. The summed E-state index contributed by atoms with van der Waals surface area (Å²) >= 11 is 11.9. The van der Waals surface area contributed by atoms with Gasteiger partial charge in [0, 0.05) is 10.0 Å². The Morgan fingerprint density at radius 3 is 2.00 bits per heavy atom. The zero-order valence-electron chi connectivity index (χ0n) is 10.6. The molecule has 0 spiro atoms. The van der Waals surface area contributed by atoms with E-state index in [-0.39, 0.29) is 5.71 Å². The average Bonchev–Trinajstić information content (AvgIpc) is 2.48. The monoisotopic (exact) mass is 314 g/mol. The summed E-state index contributed by atoms with van der Waals surface area (Å²) < 4.78 is 0. The molecule has 0 aliphatic heterocycles. The Morgan fingerprint density at radius 1 is 0.905 bits per heavy atom. The van der Waals surface area contributed by atoms with Gasteiger partial charge in [-0.1, -0.05) is 35.3 Å². The van der Waals surface area contributed by atoms with E-state index in [9.17, 15) is 0 Å². The van der Waals surface area contributed by atoms with Crippen LogP contribution in [0.4, 0.5) is 5.69 Å². The number of rotatable bonds is 3. The molecule has 2 aromatic carbocycles. The van der Waals surface area contributed by atoms with Crippen molar-refractivity contribution in [3.05, 3.63) is 52.5 Å². The fourth-order valence-electron chi connectivity index (χ4n) is 1.65. The molecule has 0 aliphatic carbocycles. The van der Waals surface area contributed by atoms with Crippen molar-refractivity contribution < 1.29 is 0 Å². The smallest absolute Gasteiger partial charge is 0.237 e. The Hall–Kier alpha value is -2.53. The lowest BCUT2D eigenvalue weighted by atomic mass is 10.1. The van der Waals surface area contributed by atoms with Crippen LogP contribution in [0.2, 0.25) is 10.0 Å². The molecule has 6 heteroatoms. The summed E-state index contributed by atoms with van der Waals surface area (Å²) in [6.45, 7) is 0. The Morgan fingerprint density at radius 2 is 1.48 bits per heavy atom. The Kier molecular flexibility index (Phi) is 4.79. The van der Waals surface area contributed by atoms with E-state index in [1.54, 1.807) is 30.3 Å². The van der Waals surface area contributed by atoms with E-state index in [1.807, 2.05) is 24.3 Å². The molecule has 0 amide bonds. The first-order chi connectivity index (χ1) is 10.1. The highest BCUT2D eigenvalue weighted by atomic mass is 35.5. The first kappa shape index (κ1) is 14.9. The topological polar surface area (TPSA) is 72.0 Å². The molecule has 1 N–H and O–H groups in total. The van der Waals surface area contributed by atoms with Crippen molar-refractivity contribution in [3.8, 4) is 23.3 Å². The van der Waals surface area contributed by atoms with Gasteiger partial charge in [0.25, 0.3) is 0 Å². The standard InChI is InChI=1S/C15H8Cl2N4/c16-12-5-11(6-13(17)7-12)10-1-3-14(4-2-10)20-21-15(8-18)9-19/h1-7,20H. The number of benzene rings is 2. The molecule has 102 valence electrons. The van der Waals surface area contributed by atoms with Crippen molar-refractivity contribution in [1.29, 1.82) is 10.5 Å². The Labute approximate surface area is 131 Å². The van der Waals surface area contributed by atoms with Gasteiger partial charge in [0.05, 0.1) is 5.69 Å². The molecule has 21 heavy (non-hydrogen) atoms. The van der Waals surface area contributed by atoms with E-state index in [2.05, 4.69) is 10.5 Å². The maximum Gasteiger partial charge on any atom is 0.237 e. The van der Waals surface area contributed by atoms with Crippen LogP contribution in [-0.2, 0) is 0 Å². The van der Waals surface area contributed by atoms with E-state index >= 15 is 0 Å². The summed E-state index contributed by atoms with van der Waals surface area (Å²) in [5, 5.41) is 22.0. The van der Waals surface area contributed by atoms with Gasteiger partial charge in [0.15, 0.2) is 0 Å². The van der Waals surface area contributed by atoms with Gasteiger partial charge in [0.2, 0.25) is 5.71 Å². The van der Waals surface area contributed by atoms with Gasteiger partial charge in [-0.3, -0.25) is 5.43 Å². The van der Waals surface area contributed by atoms with Crippen LogP contribution in [0.15, 0.2) is 47.6 Å². The van der Waals surface area contributed by atoms with Crippen LogP contribution in [0.1, 0.15) is 0 Å². The third-order valence-corrected chi connectivity index (χ3v) is 3.03. The van der Waals surface area contributed by atoms with E-state index in [0.717, 1.165) is 11.1 Å². The fourth-order valence-corrected chi connectivity index (χ4v) is 2.18. The highest BCUT2D eigenvalue weighted by Gasteiger charge is 2.02. The average molecular weight is 315 g/mol. The SMILES string of the molecule is N#CC(C#N)=NNc1ccc(-c2cc(Cl)cc(Cl)c2)cc1. The van der Waals surface area contributed by atoms with Crippen molar-refractivity contribution >= 4 is 34.6 Å². The number of halogens is 2. The molecular formula is C15H8Cl2N4. The van der Waals surface area contributed by atoms with Crippen LogP contribution >= 0.6 is 23.2 Å². The number of anilines is 1. The van der Waals surface area contributed by atoms with Crippen molar-refractivity contribution in [2.45, 2.75) is 0 Å². The van der Waals surface area contributed by atoms with E-state index < -0.39 is 0 Å². The molecule has 0 fully saturated rings. The molecule has 4 nitrogen and oxygen atoms in total. The van der Waals surface area contributed by atoms with Crippen molar-refractivity contribution in [3.63, 3.8) is 0 Å². The predicted molar refractivity (Wildman–Crippen MR) is 84.2 cm³/mol. The van der Waals surface area contributed by atoms with Crippen LogP contribution in [0.25, 0.3) is 11.1 Å². The summed E-state index contributed by atoms with van der Waals surface area (Å²) in [5.41, 5.74) is 4.91. The zero-order valence-corrected chi connectivity index (χ0v) is 12.2. The van der Waals surface area contributed by atoms with Crippen LogP contribution in [0, 0.1) is 22.7 Å². The molecule has 2 rings (SSSR count). The molecule has 0 saturated carbocycles. The van der Waals surface area contributed by atoms with Gasteiger partial charge in [-0.25, -0.2) is 0 Å². The lowest BCUT2D eigenvalue weighted by Crippen LogP contribution is -1.96. The molecule has 0 unspecified atom stereocenters. The first-order valence-electron chi connectivity index (χ1n) is 5.83. The second kappa shape index (κ2) is 6.76. The highest BCUT2D eigenvalue weighted by Crippen LogP contribution is 2.28. The number of hydrazone groups is 1. The molecule has 0 aliphatic rings. The van der Waals surface area contributed by atoms with Crippen molar-refractivity contribution in [1.82, 2.24) is 0 Å². The number of nitrogens with zero attached hydrogens (tertiary/aromatic N) is 3. The Bertz CT molecular complexity index is 731. The summed E-state index contributed by atoms with van der Waals surface area (Å²) in [4.78, 5) is 0. The van der Waals surface area contributed by atoms with Gasteiger partial charge in [-0.05, 0) is 41.5 Å². The molecule has 0 aromatic heterocycles. The number of hydrogen-bond donors (Lipinski definition) is 1. The van der Waals surface area contributed by atoms with Crippen LogP contribution in [0.5, 0.6) is 0 Å². The van der Waals surface area contributed by atoms with E-state index in [0.29, 0.717) is 15.7 Å². The molecule has 0 saturated heterocycles. The zero-order chi connectivity index (χ0) is 15.2. The fraction of sp³-hybridized carbons (Fsp3) is 0. The minimum atomic E-state index is -0.235. The molecule has 0 bridgehead atoms. The quantitative estimate of drug-likeness (QED) is 0.670. The van der Waals surface area contributed by atoms with Crippen molar-refractivity contribution in [2.24, 2.45) is 5.10 Å². The molecular weight excluding hydrogens is 307 g/mol.